The summed E-state index contributed by atoms with van der Waals surface area (Å²) in [5.41, 5.74) is 0. The van der Waals surface area contributed by atoms with Crippen LogP contribution in [0.2, 0.25) is 0 Å². The Balaban J connectivity index is 0. The molecule has 0 radical (unpaired) electrons. The summed E-state index contributed by atoms with van der Waals surface area (Å²) in [6.45, 7) is 4.84. The Morgan fingerprint density at radius 3 is 2.62 bits per heavy atom. The lowest BCUT2D eigenvalue weighted by molar-refractivity contribution is -0.136. The second kappa shape index (κ2) is 9.81. The molecule has 13 heavy (non-hydrogen) atoms. The van der Waals surface area contributed by atoms with Gasteiger partial charge in [-0.05, 0) is 13.3 Å². The van der Waals surface area contributed by atoms with Gasteiger partial charge in [0, 0.05) is 12.6 Å². The van der Waals surface area contributed by atoms with Crippen LogP contribution in [0.15, 0.2) is 0 Å². The van der Waals surface area contributed by atoms with E-state index in [1.54, 1.807) is 0 Å². The Kier molecular flexibility index (Phi) is 11.5. The summed E-state index contributed by atoms with van der Waals surface area (Å²) in [5, 5.41) is 11.5. The number of nitrogens with one attached hydrogen (secondary N) is 1. The zero-order valence-electron chi connectivity index (χ0n) is 8.38. The van der Waals surface area contributed by atoms with Crippen molar-refractivity contribution >= 4 is 18.4 Å². The van der Waals surface area contributed by atoms with Crippen molar-refractivity contribution in [1.82, 2.24) is 5.32 Å². The number of halogens is 1. The number of carboxylic acid groups (broad SMARTS) is 1. The number of aliphatic carboxylic acids is 1. The summed E-state index contributed by atoms with van der Waals surface area (Å²) in [7, 11) is 0. The highest BCUT2D eigenvalue weighted by Gasteiger charge is 2.01. The molecule has 0 aromatic carbocycles. The van der Waals surface area contributed by atoms with Gasteiger partial charge in [-0.2, -0.15) is 0 Å². The summed E-state index contributed by atoms with van der Waals surface area (Å²) in [6.07, 6.45) is 3.76. The Morgan fingerprint density at radius 2 is 2.15 bits per heavy atom. The Hall–Kier alpha value is -0.280. The Morgan fingerprint density at radius 1 is 1.54 bits per heavy atom. The molecule has 1 unspecified atom stereocenters. The van der Waals surface area contributed by atoms with Crippen LogP contribution in [0, 0.1) is 0 Å². The maximum atomic E-state index is 10.2. The van der Waals surface area contributed by atoms with Crippen molar-refractivity contribution in [1.29, 1.82) is 0 Å². The molecule has 0 fully saturated rings. The molecule has 0 saturated heterocycles. The van der Waals surface area contributed by atoms with Crippen molar-refractivity contribution in [2.24, 2.45) is 0 Å². The van der Waals surface area contributed by atoms with Crippen LogP contribution in [0.5, 0.6) is 0 Å². The van der Waals surface area contributed by atoms with E-state index in [0.29, 0.717) is 12.6 Å². The molecule has 0 rings (SSSR count). The average Bonchev–Trinajstić information content (AvgIpc) is 2.00. The van der Waals surface area contributed by atoms with E-state index in [2.05, 4.69) is 19.2 Å². The third-order valence-corrected chi connectivity index (χ3v) is 1.82. The molecule has 3 nitrogen and oxygen atoms in total. The molecule has 0 spiro atoms. The molecule has 0 aliphatic carbocycles. The minimum absolute atomic E-state index is 0. The highest BCUT2D eigenvalue weighted by atomic mass is 35.5. The lowest BCUT2D eigenvalue weighted by Gasteiger charge is -2.11. The zero-order chi connectivity index (χ0) is 9.40. The molecule has 0 bridgehead atoms. The molecule has 0 aromatic heterocycles. The van der Waals surface area contributed by atoms with Gasteiger partial charge in [0.05, 0.1) is 6.42 Å². The van der Waals surface area contributed by atoms with Gasteiger partial charge < -0.3 is 10.4 Å². The highest BCUT2D eigenvalue weighted by molar-refractivity contribution is 5.85. The maximum absolute atomic E-state index is 10.2. The summed E-state index contributed by atoms with van der Waals surface area (Å²) < 4.78 is 0. The summed E-state index contributed by atoms with van der Waals surface area (Å²) >= 11 is 0. The van der Waals surface area contributed by atoms with E-state index in [1.165, 1.54) is 12.8 Å². The molecule has 0 amide bonds. The maximum Gasteiger partial charge on any atom is 0.304 e. The van der Waals surface area contributed by atoms with Crippen molar-refractivity contribution in [2.45, 2.75) is 45.6 Å². The number of carboxylic acids is 1. The van der Waals surface area contributed by atoms with Gasteiger partial charge in [0.25, 0.3) is 0 Å². The van der Waals surface area contributed by atoms with E-state index in [4.69, 9.17) is 5.11 Å². The van der Waals surface area contributed by atoms with Crippen LogP contribution in [0.1, 0.15) is 39.5 Å². The summed E-state index contributed by atoms with van der Waals surface area (Å²) in [4.78, 5) is 10.2. The van der Waals surface area contributed by atoms with Gasteiger partial charge in [0.1, 0.15) is 0 Å². The molecule has 0 heterocycles. The van der Waals surface area contributed by atoms with Crippen molar-refractivity contribution in [3.05, 3.63) is 0 Å². The van der Waals surface area contributed by atoms with Crippen LogP contribution in [0.4, 0.5) is 0 Å². The average molecular weight is 210 g/mol. The van der Waals surface area contributed by atoms with E-state index < -0.39 is 5.97 Å². The molecule has 0 aromatic rings. The third-order valence-electron chi connectivity index (χ3n) is 1.82. The fourth-order valence-electron chi connectivity index (χ4n) is 1.04. The second-order valence-corrected chi connectivity index (χ2v) is 3.14. The van der Waals surface area contributed by atoms with Crippen molar-refractivity contribution < 1.29 is 9.90 Å². The number of unbranched alkanes of at least 4 members (excludes halogenated alkanes) is 1. The normalized spacial score (nSPS) is 11.8. The van der Waals surface area contributed by atoms with Gasteiger partial charge in [-0.25, -0.2) is 0 Å². The molecule has 0 aliphatic rings. The molecular weight excluding hydrogens is 190 g/mol. The van der Waals surface area contributed by atoms with E-state index >= 15 is 0 Å². The van der Waals surface area contributed by atoms with Gasteiger partial charge in [-0.1, -0.05) is 19.8 Å². The van der Waals surface area contributed by atoms with Crippen LogP contribution in [0.25, 0.3) is 0 Å². The molecule has 80 valence electrons. The topological polar surface area (TPSA) is 49.3 Å². The molecular formula is C9H20ClNO2. The molecule has 1 atom stereocenters. The van der Waals surface area contributed by atoms with Gasteiger partial charge in [-0.15, -0.1) is 12.4 Å². The van der Waals surface area contributed by atoms with E-state index in [9.17, 15) is 4.79 Å². The first-order chi connectivity index (χ1) is 5.66. The molecule has 4 heteroatoms. The lowest BCUT2D eigenvalue weighted by atomic mass is 10.1. The SMILES string of the molecule is CCCCC(C)NCCC(=O)O.Cl. The summed E-state index contributed by atoms with van der Waals surface area (Å²) in [6, 6.07) is 0.448. The fraction of sp³-hybridized carbons (Fsp3) is 0.889. The first kappa shape index (κ1) is 15.2. The minimum atomic E-state index is -0.731. The molecule has 2 N–H and O–H groups in total. The smallest absolute Gasteiger partial charge is 0.304 e. The number of rotatable bonds is 7. The highest BCUT2D eigenvalue weighted by Crippen LogP contribution is 1.98. The monoisotopic (exact) mass is 209 g/mol. The zero-order valence-corrected chi connectivity index (χ0v) is 9.19. The van der Waals surface area contributed by atoms with Gasteiger partial charge in [0.15, 0.2) is 0 Å². The minimum Gasteiger partial charge on any atom is -0.481 e. The first-order valence-electron chi connectivity index (χ1n) is 4.62. The van der Waals surface area contributed by atoms with Crippen LogP contribution in [-0.4, -0.2) is 23.7 Å². The molecule has 0 saturated carbocycles. The van der Waals surface area contributed by atoms with Crippen LogP contribution in [-0.2, 0) is 4.79 Å². The van der Waals surface area contributed by atoms with Gasteiger partial charge in [0.2, 0.25) is 0 Å². The van der Waals surface area contributed by atoms with E-state index in [1.807, 2.05) is 0 Å². The van der Waals surface area contributed by atoms with Crippen LogP contribution < -0.4 is 5.32 Å². The predicted octanol–water partition coefficient (Wildman–Crippen LogP) is 2.05. The first-order valence-corrected chi connectivity index (χ1v) is 4.62. The quantitative estimate of drug-likeness (QED) is 0.675. The lowest BCUT2D eigenvalue weighted by Crippen LogP contribution is -2.28. The number of hydrogen-bond acceptors (Lipinski definition) is 2. The third kappa shape index (κ3) is 11.7. The van der Waals surface area contributed by atoms with Crippen LogP contribution in [0.3, 0.4) is 0 Å². The van der Waals surface area contributed by atoms with Crippen molar-refractivity contribution in [3.8, 4) is 0 Å². The Labute approximate surface area is 86.3 Å². The second-order valence-electron chi connectivity index (χ2n) is 3.14. The van der Waals surface area contributed by atoms with Crippen molar-refractivity contribution in [3.63, 3.8) is 0 Å². The van der Waals surface area contributed by atoms with E-state index in [0.717, 1.165) is 6.42 Å². The van der Waals surface area contributed by atoms with Gasteiger partial charge >= 0.3 is 5.97 Å². The predicted molar refractivity (Wildman–Crippen MR) is 56.5 cm³/mol. The van der Waals surface area contributed by atoms with Crippen molar-refractivity contribution in [2.75, 3.05) is 6.54 Å². The van der Waals surface area contributed by atoms with Gasteiger partial charge in [-0.3, -0.25) is 4.79 Å². The Bertz CT molecular complexity index is 131. The summed E-state index contributed by atoms with van der Waals surface area (Å²) in [5.74, 6) is -0.731. The fourth-order valence-corrected chi connectivity index (χ4v) is 1.04. The van der Waals surface area contributed by atoms with Crippen LogP contribution >= 0.6 is 12.4 Å². The largest absolute Gasteiger partial charge is 0.481 e. The molecule has 0 aliphatic heterocycles. The number of hydrogen-bond donors (Lipinski definition) is 2. The standard InChI is InChI=1S/C9H19NO2.ClH/c1-3-4-5-8(2)10-7-6-9(11)12;/h8,10H,3-7H2,1-2H3,(H,11,12);1H. The van der Waals surface area contributed by atoms with E-state index in [-0.39, 0.29) is 18.8 Å². The number of carbonyl (C=O) groups is 1.